The first-order valence-corrected chi connectivity index (χ1v) is 9.21. The van der Waals surface area contributed by atoms with Crippen LogP contribution in [0.1, 0.15) is 31.8 Å². The number of ether oxygens (including phenoxy) is 1. The summed E-state index contributed by atoms with van der Waals surface area (Å²) in [6.07, 6.45) is -3.95. The summed E-state index contributed by atoms with van der Waals surface area (Å²) in [5.41, 5.74) is -1.28. The normalized spacial score (nSPS) is 14.0. The van der Waals surface area contributed by atoms with Crippen LogP contribution < -0.4 is 4.74 Å². The van der Waals surface area contributed by atoms with Crippen LogP contribution in [-0.2, 0) is 12.1 Å². The van der Waals surface area contributed by atoms with Gasteiger partial charge in [0.05, 0.1) is 23.2 Å². The fourth-order valence-corrected chi connectivity index (χ4v) is 3.17. The van der Waals surface area contributed by atoms with Crippen molar-refractivity contribution >= 4 is 11.8 Å². The molecular weight excluding hydrogens is 435 g/mol. The lowest BCUT2D eigenvalue weighted by Crippen LogP contribution is -2.39. The maximum Gasteiger partial charge on any atom is 0.417 e. The van der Waals surface area contributed by atoms with E-state index >= 15 is 0 Å². The van der Waals surface area contributed by atoms with E-state index in [-0.39, 0.29) is 22.8 Å². The van der Waals surface area contributed by atoms with E-state index in [4.69, 9.17) is 4.74 Å². The second kappa shape index (κ2) is 7.70. The lowest BCUT2D eigenvalue weighted by Gasteiger charge is -2.22. The van der Waals surface area contributed by atoms with Crippen molar-refractivity contribution in [1.82, 2.24) is 9.88 Å². The Morgan fingerprint density at radius 3 is 1.84 bits per heavy atom. The molecule has 1 aliphatic heterocycles. The van der Waals surface area contributed by atoms with Crippen LogP contribution in [-0.4, -0.2) is 28.2 Å². The number of halogens is 5. The third kappa shape index (κ3) is 4.03. The van der Waals surface area contributed by atoms with Gasteiger partial charge in [0, 0.05) is 17.8 Å². The Labute approximate surface area is 178 Å². The molecule has 2 aromatic carbocycles. The van der Waals surface area contributed by atoms with E-state index in [1.807, 2.05) is 0 Å². The molecule has 2 heterocycles. The number of amides is 2. The van der Waals surface area contributed by atoms with Gasteiger partial charge < -0.3 is 4.74 Å². The molecule has 2 amide bonds. The molecule has 3 aromatic rings. The maximum atomic E-state index is 14.8. The minimum absolute atomic E-state index is 0.0672. The SMILES string of the molecule is O=C1c2ccccc2C(=O)N1CC(F)(F)c1ccc(Oc2ccc(C(F)(F)F)cn2)cc1. The molecule has 0 radical (unpaired) electrons. The van der Waals surface area contributed by atoms with Crippen molar-refractivity contribution in [3.05, 3.63) is 89.1 Å². The largest absolute Gasteiger partial charge is 0.439 e. The molecule has 0 atom stereocenters. The second-order valence-corrected chi connectivity index (χ2v) is 6.96. The lowest BCUT2D eigenvalue weighted by molar-refractivity contribution is -0.137. The van der Waals surface area contributed by atoms with Crippen molar-refractivity contribution in [2.24, 2.45) is 0 Å². The molecule has 0 spiro atoms. The fraction of sp³-hybridized carbons (Fsp3) is 0.136. The number of hydrogen-bond acceptors (Lipinski definition) is 4. The summed E-state index contributed by atoms with van der Waals surface area (Å²) in [7, 11) is 0. The van der Waals surface area contributed by atoms with E-state index in [0.717, 1.165) is 24.3 Å². The summed E-state index contributed by atoms with van der Waals surface area (Å²) in [5.74, 6) is -5.21. The van der Waals surface area contributed by atoms with Gasteiger partial charge >= 0.3 is 6.18 Å². The molecule has 1 aromatic heterocycles. The predicted octanol–water partition coefficient (Wildman–Crippen LogP) is 5.28. The van der Waals surface area contributed by atoms with Crippen LogP contribution in [0.15, 0.2) is 66.9 Å². The number of carbonyl (C=O) groups excluding carboxylic acids is 2. The molecule has 32 heavy (non-hydrogen) atoms. The van der Waals surface area contributed by atoms with E-state index in [9.17, 15) is 31.5 Å². The monoisotopic (exact) mass is 448 g/mol. The van der Waals surface area contributed by atoms with Gasteiger partial charge in [-0.25, -0.2) is 4.98 Å². The molecule has 10 heteroatoms. The Kier molecular flexibility index (Phi) is 5.15. The maximum absolute atomic E-state index is 14.8. The van der Waals surface area contributed by atoms with E-state index in [1.54, 1.807) is 0 Å². The molecule has 0 saturated carbocycles. The number of nitrogens with zero attached hydrogens (tertiary/aromatic N) is 2. The molecule has 0 fully saturated rings. The molecule has 164 valence electrons. The molecule has 0 N–H and O–H groups in total. The van der Waals surface area contributed by atoms with Gasteiger partial charge in [-0.2, -0.15) is 22.0 Å². The highest BCUT2D eigenvalue weighted by Crippen LogP contribution is 2.34. The zero-order chi connectivity index (χ0) is 23.1. The highest BCUT2D eigenvalue weighted by molar-refractivity contribution is 6.21. The van der Waals surface area contributed by atoms with E-state index < -0.39 is 41.6 Å². The zero-order valence-electron chi connectivity index (χ0n) is 16.1. The van der Waals surface area contributed by atoms with Gasteiger partial charge in [0.2, 0.25) is 5.88 Å². The number of fused-ring (bicyclic) bond motifs is 1. The van der Waals surface area contributed by atoms with Crippen LogP contribution in [0.5, 0.6) is 11.6 Å². The number of carbonyl (C=O) groups is 2. The van der Waals surface area contributed by atoms with Gasteiger partial charge in [0.15, 0.2) is 0 Å². The van der Waals surface area contributed by atoms with Crippen LogP contribution in [0, 0.1) is 0 Å². The number of benzene rings is 2. The van der Waals surface area contributed by atoms with Crippen LogP contribution in [0.25, 0.3) is 0 Å². The van der Waals surface area contributed by atoms with Crippen molar-refractivity contribution in [3.8, 4) is 11.6 Å². The van der Waals surface area contributed by atoms with Crippen LogP contribution in [0.4, 0.5) is 22.0 Å². The van der Waals surface area contributed by atoms with E-state index in [2.05, 4.69) is 4.98 Å². The minimum Gasteiger partial charge on any atom is -0.439 e. The number of imide groups is 1. The molecule has 5 nitrogen and oxygen atoms in total. The van der Waals surface area contributed by atoms with Crippen LogP contribution in [0.2, 0.25) is 0 Å². The first-order chi connectivity index (χ1) is 15.1. The summed E-state index contributed by atoms with van der Waals surface area (Å²) in [4.78, 5) is 28.7. The van der Waals surface area contributed by atoms with Gasteiger partial charge in [-0.15, -0.1) is 0 Å². The minimum atomic E-state index is -4.54. The summed E-state index contributed by atoms with van der Waals surface area (Å²) in [6.45, 7) is -1.14. The Morgan fingerprint density at radius 1 is 0.781 bits per heavy atom. The number of hydrogen-bond donors (Lipinski definition) is 0. The highest BCUT2D eigenvalue weighted by Gasteiger charge is 2.43. The van der Waals surface area contributed by atoms with Gasteiger partial charge in [-0.05, 0) is 42.5 Å². The molecule has 0 bridgehead atoms. The Bertz CT molecular complexity index is 1140. The second-order valence-electron chi connectivity index (χ2n) is 6.96. The third-order valence-electron chi connectivity index (χ3n) is 4.80. The standard InChI is InChI=1S/C22H13F5N2O3/c23-21(24,12-29-19(30)16-3-1-2-4-17(16)20(29)31)13-5-8-15(9-6-13)32-18-10-7-14(11-28-18)22(25,26)27/h1-11H,12H2. The molecule has 1 aliphatic rings. The predicted molar refractivity (Wildman–Crippen MR) is 101 cm³/mol. The topological polar surface area (TPSA) is 59.5 Å². The third-order valence-corrected chi connectivity index (χ3v) is 4.80. The zero-order valence-corrected chi connectivity index (χ0v) is 16.1. The van der Waals surface area contributed by atoms with Crippen molar-refractivity contribution in [2.45, 2.75) is 12.1 Å². The van der Waals surface area contributed by atoms with Gasteiger partial charge in [0.1, 0.15) is 5.75 Å². The lowest BCUT2D eigenvalue weighted by atomic mass is 10.1. The van der Waals surface area contributed by atoms with Gasteiger partial charge in [-0.1, -0.05) is 12.1 Å². The Balaban J connectivity index is 1.46. The number of alkyl halides is 5. The number of pyridine rings is 1. The average molecular weight is 448 g/mol. The highest BCUT2D eigenvalue weighted by atomic mass is 19.4. The molecule has 4 rings (SSSR count). The Hall–Kier alpha value is -3.82. The summed E-state index contributed by atoms with van der Waals surface area (Å²) in [5, 5.41) is 0. The van der Waals surface area contributed by atoms with Crippen molar-refractivity contribution in [1.29, 1.82) is 0 Å². The molecule has 0 unspecified atom stereocenters. The van der Waals surface area contributed by atoms with Gasteiger partial charge in [0.25, 0.3) is 17.7 Å². The summed E-state index contributed by atoms with van der Waals surface area (Å²) < 4.78 is 72.6. The first-order valence-electron chi connectivity index (χ1n) is 9.21. The first kappa shape index (κ1) is 21.4. The number of aromatic nitrogens is 1. The summed E-state index contributed by atoms with van der Waals surface area (Å²) >= 11 is 0. The van der Waals surface area contributed by atoms with Crippen LogP contribution in [0.3, 0.4) is 0 Å². The fourth-order valence-electron chi connectivity index (χ4n) is 3.17. The smallest absolute Gasteiger partial charge is 0.417 e. The van der Waals surface area contributed by atoms with E-state index in [1.165, 1.54) is 36.4 Å². The molecular formula is C22H13F5N2O3. The van der Waals surface area contributed by atoms with E-state index in [0.29, 0.717) is 11.1 Å². The molecule has 0 aliphatic carbocycles. The van der Waals surface area contributed by atoms with Crippen LogP contribution >= 0.6 is 0 Å². The van der Waals surface area contributed by atoms with Crippen molar-refractivity contribution in [3.63, 3.8) is 0 Å². The summed E-state index contributed by atoms with van der Waals surface area (Å²) in [6, 6.07) is 12.1. The quantitative estimate of drug-likeness (QED) is 0.394. The average Bonchev–Trinajstić information content (AvgIpc) is 2.99. The molecule has 0 saturated heterocycles. The number of rotatable bonds is 5. The van der Waals surface area contributed by atoms with Crippen molar-refractivity contribution in [2.75, 3.05) is 6.54 Å². The van der Waals surface area contributed by atoms with Gasteiger partial charge in [-0.3, -0.25) is 14.5 Å². The Morgan fingerprint density at radius 2 is 1.34 bits per heavy atom. The van der Waals surface area contributed by atoms with Crippen molar-refractivity contribution < 1.29 is 36.3 Å².